The third-order valence-electron chi connectivity index (χ3n) is 5.05. The Kier molecular flexibility index (Phi) is 13.0. The molecular formula is C18H38AsN2O6P. The molecule has 0 aromatic rings. The van der Waals surface area contributed by atoms with Crippen LogP contribution in [-0.4, -0.2) is 72.7 Å². The molecule has 28 heavy (non-hydrogen) atoms. The summed E-state index contributed by atoms with van der Waals surface area (Å²) in [4.78, 5) is 34.4. The Labute approximate surface area is 174 Å². The van der Waals surface area contributed by atoms with Gasteiger partial charge in [0.1, 0.15) is 0 Å². The quantitative estimate of drug-likeness (QED) is 0.243. The first kappa shape index (κ1) is 27.8. The molecule has 0 heterocycles. The number of nitrogens with two attached hydrogens (primary N) is 1. The van der Waals surface area contributed by atoms with E-state index in [4.69, 9.17) is 5.73 Å². The summed E-state index contributed by atoms with van der Waals surface area (Å²) in [6.07, 6.45) is 4.33. The van der Waals surface area contributed by atoms with Crippen molar-refractivity contribution in [3.8, 4) is 0 Å². The first-order valence-corrected chi connectivity index (χ1v) is 14.1. The normalized spacial score (nSPS) is 21.0. The maximum atomic E-state index is 12.4. The van der Waals surface area contributed by atoms with Gasteiger partial charge in [-0.15, -0.1) is 0 Å². The van der Waals surface area contributed by atoms with Gasteiger partial charge >= 0.3 is 169 Å². The van der Waals surface area contributed by atoms with Crippen LogP contribution in [0.3, 0.4) is 0 Å². The van der Waals surface area contributed by atoms with Gasteiger partial charge < -0.3 is 5.48 Å². The number of amides is 1. The molecule has 1 saturated carbocycles. The van der Waals surface area contributed by atoms with Crippen molar-refractivity contribution in [3.05, 3.63) is 0 Å². The molecule has 5 atom stereocenters. The van der Waals surface area contributed by atoms with Crippen LogP contribution in [0.15, 0.2) is 0 Å². The summed E-state index contributed by atoms with van der Waals surface area (Å²) in [5.41, 5.74) is 5.83. The molecule has 8 nitrogen and oxygen atoms in total. The predicted octanol–water partition coefficient (Wildman–Crippen LogP) is 0.244. The summed E-state index contributed by atoms with van der Waals surface area (Å²) in [6.45, 7) is 5.36. The fourth-order valence-corrected chi connectivity index (χ4v) is 7.89. The van der Waals surface area contributed by atoms with E-state index in [0.717, 1.165) is 25.7 Å². The molecule has 0 bridgehead atoms. The van der Waals surface area contributed by atoms with Crippen molar-refractivity contribution in [3.63, 3.8) is 0 Å². The number of aliphatic hydroxyl groups is 1. The topological polar surface area (TPSA) is 161 Å². The Bertz CT molecular complexity index is 542. The number of carbonyl (C=O) groups excluding carboxylic acids is 2. The summed E-state index contributed by atoms with van der Waals surface area (Å²) in [6, 6.07) is -0.536. The number of hydrogen-bond donors (Lipinski definition) is 4. The first-order chi connectivity index (χ1) is 12.5. The van der Waals surface area contributed by atoms with Gasteiger partial charge in [-0.05, 0) is 0 Å². The molecule has 1 fully saturated rings. The zero-order valence-corrected chi connectivity index (χ0v) is 20.2. The molecule has 1 aliphatic rings. The molecule has 5 unspecified atom stereocenters. The van der Waals surface area contributed by atoms with Crippen molar-refractivity contribution < 1.29 is 29.6 Å². The van der Waals surface area contributed by atoms with E-state index in [1.54, 1.807) is 6.92 Å². The molecule has 0 radical (unpaired) electrons. The van der Waals surface area contributed by atoms with Crippen molar-refractivity contribution in [1.29, 1.82) is 0 Å². The SMILES string of the molecule is CC([AsH]C(=O)C(N)C(C)C)C(=O)NCC(O)CP(=O)(O)CC1CCCCC1.O. The minimum absolute atomic E-state index is 0. The van der Waals surface area contributed by atoms with E-state index < -0.39 is 40.0 Å². The Hall–Kier alpha value is -0.232. The molecule has 1 rings (SSSR count). The molecule has 166 valence electrons. The van der Waals surface area contributed by atoms with Gasteiger partial charge in [0.05, 0.1) is 0 Å². The zero-order chi connectivity index (χ0) is 20.6. The van der Waals surface area contributed by atoms with Gasteiger partial charge in [-0.1, -0.05) is 0 Å². The third-order valence-corrected chi connectivity index (χ3v) is 9.88. The molecule has 7 N–H and O–H groups in total. The Morgan fingerprint density at radius 2 is 1.79 bits per heavy atom. The second-order valence-electron chi connectivity index (χ2n) is 8.11. The van der Waals surface area contributed by atoms with E-state index in [0.29, 0.717) is 0 Å². The van der Waals surface area contributed by atoms with Crippen molar-refractivity contribution in [2.75, 3.05) is 18.9 Å². The van der Waals surface area contributed by atoms with Crippen LogP contribution in [0.1, 0.15) is 52.9 Å². The molecule has 1 aliphatic carbocycles. The fourth-order valence-electron chi connectivity index (χ4n) is 3.29. The average Bonchev–Trinajstić information content (AvgIpc) is 2.58. The Morgan fingerprint density at radius 3 is 2.32 bits per heavy atom. The minimum atomic E-state index is -3.41. The van der Waals surface area contributed by atoms with Gasteiger partial charge in [0.2, 0.25) is 0 Å². The van der Waals surface area contributed by atoms with Crippen LogP contribution in [0.2, 0.25) is 4.71 Å². The van der Waals surface area contributed by atoms with Crippen molar-refractivity contribution in [2.45, 2.75) is 69.7 Å². The monoisotopic (exact) mass is 484 g/mol. The molecule has 10 heteroatoms. The number of hydrogen-bond acceptors (Lipinski definition) is 5. The second-order valence-corrected chi connectivity index (χ2v) is 14.0. The second kappa shape index (κ2) is 13.1. The molecule has 0 saturated heterocycles. The smallest absolute Gasteiger partial charge is 0.412 e. The Morgan fingerprint density at radius 1 is 1.21 bits per heavy atom. The number of nitrogens with one attached hydrogen (secondary N) is 1. The van der Waals surface area contributed by atoms with E-state index in [1.165, 1.54) is 6.42 Å². The van der Waals surface area contributed by atoms with Gasteiger partial charge in [0, 0.05) is 0 Å². The largest absolute Gasteiger partial charge is 0.412 e. The first-order valence-electron chi connectivity index (χ1n) is 9.84. The fraction of sp³-hybridized carbons (Fsp3) is 0.889. The third kappa shape index (κ3) is 10.5. The predicted molar refractivity (Wildman–Crippen MR) is 113 cm³/mol. The van der Waals surface area contributed by atoms with Crippen LogP contribution in [-0.2, 0) is 14.2 Å². The zero-order valence-electron chi connectivity index (χ0n) is 17.2. The summed E-state index contributed by atoms with van der Waals surface area (Å²) in [5.74, 6) is -0.00224. The van der Waals surface area contributed by atoms with Crippen molar-refractivity contribution in [2.24, 2.45) is 17.6 Å². The van der Waals surface area contributed by atoms with Crippen LogP contribution in [0.4, 0.5) is 0 Å². The molecule has 0 aromatic heterocycles. The van der Waals surface area contributed by atoms with Crippen LogP contribution < -0.4 is 11.1 Å². The van der Waals surface area contributed by atoms with Gasteiger partial charge in [0.15, 0.2) is 0 Å². The molecule has 0 aromatic carbocycles. The van der Waals surface area contributed by atoms with Gasteiger partial charge in [-0.3, -0.25) is 0 Å². The standard InChI is InChI=1S/C18H36AsN2O5P.H2O/c1-12(2)16(20)17(23)19-13(3)18(24)21-9-15(22)11-27(25,26)10-14-7-5-4-6-8-14;/h12-16,19,22H,4-11,20H2,1-3H3,(H,21,24)(H,25,26);1H2. The average molecular weight is 484 g/mol. The van der Waals surface area contributed by atoms with Crippen LogP contribution >= 0.6 is 7.37 Å². The van der Waals surface area contributed by atoms with Gasteiger partial charge in [0.25, 0.3) is 0 Å². The summed E-state index contributed by atoms with van der Waals surface area (Å²) >= 11 is -1.20. The summed E-state index contributed by atoms with van der Waals surface area (Å²) < 4.78 is 11.9. The molecule has 0 aliphatic heterocycles. The van der Waals surface area contributed by atoms with Crippen LogP contribution in [0.5, 0.6) is 0 Å². The van der Waals surface area contributed by atoms with E-state index in [-0.39, 0.29) is 46.7 Å². The van der Waals surface area contributed by atoms with Crippen molar-refractivity contribution >= 4 is 33.6 Å². The number of aliphatic hydroxyl groups excluding tert-OH is 1. The maximum absolute atomic E-state index is 12.4. The van der Waals surface area contributed by atoms with E-state index in [1.807, 2.05) is 13.8 Å². The maximum Gasteiger partial charge on any atom is -0.412 e. The molecule has 0 spiro atoms. The van der Waals surface area contributed by atoms with Gasteiger partial charge in [-0.2, -0.15) is 0 Å². The number of carbonyl (C=O) groups is 2. The van der Waals surface area contributed by atoms with Crippen LogP contribution in [0.25, 0.3) is 0 Å². The Balaban J connectivity index is 0.00000729. The van der Waals surface area contributed by atoms with E-state index in [9.17, 15) is 24.2 Å². The van der Waals surface area contributed by atoms with Crippen molar-refractivity contribution in [1.82, 2.24) is 5.32 Å². The van der Waals surface area contributed by atoms with Gasteiger partial charge in [-0.25, -0.2) is 0 Å². The van der Waals surface area contributed by atoms with Crippen LogP contribution in [0, 0.1) is 11.8 Å². The molecular weight excluding hydrogens is 446 g/mol. The number of rotatable bonds is 11. The summed E-state index contributed by atoms with van der Waals surface area (Å²) in [5, 5.41) is 12.7. The van der Waals surface area contributed by atoms with E-state index in [2.05, 4.69) is 5.32 Å². The molecule has 1 amide bonds. The van der Waals surface area contributed by atoms with E-state index >= 15 is 0 Å². The minimum Gasteiger partial charge on any atom is -0.412 e. The summed E-state index contributed by atoms with van der Waals surface area (Å²) in [7, 11) is -3.41.